The maximum absolute atomic E-state index is 13.6. The highest BCUT2D eigenvalue weighted by Crippen LogP contribution is 2.25. The molecular formula is C14H17FN4. The van der Waals surface area contributed by atoms with Gasteiger partial charge in [0.25, 0.3) is 0 Å². The minimum Gasteiger partial charge on any atom is -0.370 e. The second kappa shape index (κ2) is 6.13. The highest BCUT2D eigenvalue weighted by molar-refractivity contribution is 5.65. The van der Waals surface area contributed by atoms with Gasteiger partial charge >= 0.3 is 0 Å². The van der Waals surface area contributed by atoms with Gasteiger partial charge in [-0.3, -0.25) is 0 Å². The Bertz CT molecular complexity index is 557. The molecule has 0 fully saturated rings. The van der Waals surface area contributed by atoms with Crippen LogP contribution in [-0.2, 0) is 6.42 Å². The molecule has 0 unspecified atom stereocenters. The van der Waals surface area contributed by atoms with Crippen LogP contribution in [0.5, 0.6) is 0 Å². The molecule has 1 aromatic carbocycles. The van der Waals surface area contributed by atoms with E-state index in [0.717, 1.165) is 24.3 Å². The number of hydrogen-bond donors (Lipinski definition) is 2. The van der Waals surface area contributed by atoms with Crippen LogP contribution in [0.15, 0.2) is 30.6 Å². The monoisotopic (exact) mass is 260 g/mol. The summed E-state index contributed by atoms with van der Waals surface area (Å²) in [6.45, 7) is 4.81. The first-order valence-corrected chi connectivity index (χ1v) is 6.35. The third-order valence-corrected chi connectivity index (χ3v) is 2.77. The Hall–Kier alpha value is -2.17. The molecule has 0 amide bonds. The van der Waals surface area contributed by atoms with Gasteiger partial charge in [0, 0.05) is 12.1 Å². The van der Waals surface area contributed by atoms with Crippen LogP contribution in [0, 0.1) is 5.82 Å². The Morgan fingerprint density at radius 3 is 2.53 bits per heavy atom. The molecule has 5 heteroatoms. The van der Waals surface area contributed by atoms with Gasteiger partial charge in [0.1, 0.15) is 23.8 Å². The molecule has 0 radical (unpaired) electrons. The summed E-state index contributed by atoms with van der Waals surface area (Å²) < 4.78 is 13.6. The van der Waals surface area contributed by atoms with Crippen molar-refractivity contribution in [2.24, 2.45) is 0 Å². The highest BCUT2D eigenvalue weighted by atomic mass is 19.1. The molecule has 0 aliphatic heterocycles. The molecule has 100 valence electrons. The Labute approximate surface area is 112 Å². The molecule has 0 spiro atoms. The fourth-order valence-corrected chi connectivity index (χ4v) is 1.86. The molecule has 0 bridgehead atoms. The van der Waals surface area contributed by atoms with Gasteiger partial charge in [0.2, 0.25) is 0 Å². The zero-order chi connectivity index (χ0) is 13.7. The predicted molar refractivity (Wildman–Crippen MR) is 75.3 cm³/mol. The summed E-state index contributed by atoms with van der Waals surface area (Å²) >= 11 is 0. The quantitative estimate of drug-likeness (QED) is 0.865. The van der Waals surface area contributed by atoms with Gasteiger partial charge in [-0.25, -0.2) is 14.4 Å². The molecule has 4 nitrogen and oxygen atoms in total. The van der Waals surface area contributed by atoms with E-state index in [9.17, 15) is 4.39 Å². The number of hydrogen-bond acceptors (Lipinski definition) is 4. The van der Waals surface area contributed by atoms with Crippen molar-refractivity contribution in [3.63, 3.8) is 0 Å². The van der Waals surface area contributed by atoms with Crippen molar-refractivity contribution in [1.29, 1.82) is 0 Å². The summed E-state index contributed by atoms with van der Waals surface area (Å²) in [6, 6.07) is 6.54. The Morgan fingerprint density at radius 2 is 1.84 bits per heavy atom. The van der Waals surface area contributed by atoms with Crippen LogP contribution in [-0.4, -0.2) is 16.5 Å². The third kappa shape index (κ3) is 2.99. The second-order valence-corrected chi connectivity index (χ2v) is 4.04. The van der Waals surface area contributed by atoms with Crippen LogP contribution in [0.3, 0.4) is 0 Å². The summed E-state index contributed by atoms with van der Waals surface area (Å²) in [5.74, 6) is 1.13. The maximum Gasteiger partial charge on any atom is 0.146 e. The van der Waals surface area contributed by atoms with Crippen molar-refractivity contribution in [2.75, 3.05) is 17.2 Å². The average molecular weight is 260 g/mol. The van der Waals surface area contributed by atoms with E-state index in [2.05, 4.69) is 20.6 Å². The third-order valence-electron chi connectivity index (χ3n) is 2.77. The summed E-state index contributed by atoms with van der Waals surface area (Å²) in [4.78, 5) is 8.41. The topological polar surface area (TPSA) is 49.8 Å². The second-order valence-electron chi connectivity index (χ2n) is 4.04. The van der Waals surface area contributed by atoms with Gasteiger partial charge < -0.3 is 10.6 Å². The standard InChI is InChI=1S/C14H17FN4/c1-3-10-13(16-4-2)17-9-18-14(10)19-12-8-6-5-7-11(12)15/h5-9H,3-4H2,1-2H3,(H2,16,17,18,19). The van der Waals surface area contributed by atoms with Gasteiger partial charge in [-0.2, -0.15) is 0 Å². The molecule has 2 rings (SSSR count). The fourth-order valence-electron chi connectivity index (χ4n) is 1.86. The van der Waals surface area contributed by atoms with E-state index in [1.807, 2.05) is 13.8 Å². The van der Waals surface area contributed by atoms with Crippen molar-refractivity contribution >= 4 is 17.3 Å². The molecule has 0 saturated heterocycles. The zero-order valence-corrected chi connectivity index (χ0v) is 11.1. The SMILES string of the molecule is CCNc1ncnc(Nc2ccccc2F)c1CC. The number of halogens is 1. The summed E-state index contributed by atoms with van der Waals surface area (Å²) in [5.41, 5.74) is 1.37. The van der Waals surface area contributed by atoms with E-state index in [-0.39, 0.29) is 5.82 Å². The smallest absolute Gasteiger partial charge is 0.146 e. The molecule has 0 saturated carbocycles. The number of nitrogens with one attached hydrogen (secondary N) is 2. The van der Waals surface area contributed by atoms with Gasteiger partial charge in [0.05, 0.1) is 5.69 Å². The van der Waals surface area contributed by atoms with Crippen LogP contribution < -0.4 is 10.6 Å². The van der Waals surface area contributed by atoms with Crippen LogP contribution >= 0.6 is 0 Å². The predicted octanol–water partition coefficient (Wildman–Crippen LogP) is 3.35. The number of nitrogens with zero attached hydrogens (tertiary/aromatic N) is 2. The van der Waals surface area contributed by atoms with Crippen molar-refractivity contribution in [3.05, 3.63) is 42.0 Å². The van der Waals surface area contributed by atoms with E-state index in [1.165, 1.54) is 12.4 Å². The molecular weight excluding hydrogens is 243 g/mol. The lowest BCUT2D eigenvalue weighted by Crippen LogP contribution is -2.07. The maximum atomic E-state index is 13.6. The lowest BCUT2D eigenvalue weighted by molar-refractivity contribution is 0.631. The van der Waals surface area contributed by atoms with Gasteiger partial charge in [-0.15, -0.1) is 0 Å². The van der Waals surface area contributed by atoms with E-state index < -0.39 is 0 Å². The van der Waals surface area contributed by atoms with Crippen LogP contribution in [0.2, 0.25) is 0 Å². The number of anilines is 3. The fraction of sp³-hybridized carbons (Fsp3) is 0.286. The molecule has 2 N–H and O–H groups in total. The van der Waals surface area contributed by atoms with E-state index in [4.69, 9.17) is 0 Å². The lowest BCUT2D eigenvalue weighted by atomic mass is 10.2. The van der Waals surface area contributed by atoms with Gasteiger partial charge in [-0.1, -0.05) is 19.1 Å². The normalized spacial score (nSPS) is 10.3. The van der Waals surface area contributed by atoms with Gasteiger partial charge in [0.15, 0.2) is 0 Å². The molecule has 2 aromatic rings. The number of aromatic nitrogens is 2. The van der Waals surface area contributed by atoms with E-state index >= 15 is 0 Å². The molecule has 0 aliphatic rings. The Kier molecular flexibility index (Phi) is 4.28. The summed E-state index contributed by atoms with van der Waals surface area (Å²) in [7, 11) is 0. The largest absolute Gasteiger partial charge is 0.370 e. The van der Waals surface area contributed by atoms with Crippen LogP contribution in [0.4, 0.5) is 21.7 Å². The molecule has 1 heterocycles. The van der Waals surface area contributed by atoms with Crippen LogP contribution in [0.1, 0.15) is 19.4 Å². The lowest BCUT2D eigenvalue weighted by Gasteiger charge is -2.14. The zero-order valence-electron chi connectivity index (χ0n) is 11.1. The minimum absolute atomic E-state index is 0.298. The molecule has 0 atom stereocenters. The number of para-hydroxylation sites is 1. The van der Waals surface area contributed by atoms with E-state index in [0.29, 0.717) is 11.5 Å². The first-order chi connectivity index (χ1) is 9.26. The summed E-state index contributed by atoms with van der Waals surface area (Å²) in [5, 5.41) is 6.21. The first-order valence-electron chi connectivity index (χ1n) is 6.35. The van der Waals surface area contributed by atoms with Gasteiger partial charge in [-0.05, 0) is 25.5 Å². The number of rotatable bonds is 5. The number of benzene rings is 1. The Morgan fingerprint density at radius 1 is 1.11 bits per heavy atom. The molecule has 1 aromatic heterocycles. The van der Waals surface area contributed by atoms with Crippen LogP contribution in [0.25, 0.3) is 0 Å². The van der Waals surface area contributed by atoms with E-state index in [1.54, 1.807) is 18.2 Å². The Balaban J connectivity index is 2.35. The van der Waals surface area contributed by atoms with Crippen molar-refractivity contribution < 1.29 is 4.39 Å². The average Bonchev–Trinajstić information content (AvgIpc) is 2.42. The molecule has 19 heavy (non-hydrogen) atoms. The highest BCUT2D eigenvalue weighted by Gasteiger charge is 2.10. The van der Waals surface area contributed by atoms with Crippen molar-refractivity contribution in [1.82, 2.24) is 9.97 Å². The molecule has 0 aliphatic carbocycles. The summed E-state index contributed by atoms with van der Waals surface area (Å²) in [6.07, 6.45) is 2.24. The van der Waals surface area contributed by atoms with Crippen molar-refractivity contribution in [3.8, 4) is 0 Å². The first kappa shape index (κ1) is 13.3. The minimum atomic E-state index is -0.298. The van der Waals surface area contributed by atoms with Crippen molar-refractivity contribution in [2.45, 2.75) is 20.3 Å².